The first-order valence-corrected chi connectivity index (χ1v) is 14.8. The predicted molar refractivity (Wildman–Crippen MR) is 126 cm³/mol. The molecule has 0 aliphatic heterocycles. The molecule has 1 fully saturated rings. The van der Waals surface area contributed by atoms with Gasteiger partial charge in [0.25, 0.3) is 0 Å². The maximum absolute atomic E-state index is 13.6. The smallest absolute Gasteiger partial charge is 0.153 e. The summed E-state index contributed by atoms with van der Waals surface area (Å²) in [6.45, 7) is 8.20. The van der Waals surface area contributed by atoms with E-state index < -0.39 is 8.07 Å². The average molecular weight is 450 g/mol. The van der Waals surface area contributed by atoms with Crippen LogP contribution in [0.5, 0.6) is 0 Å². The fourth-order valence-electron chi connectivity index (χ4n) is 3.89. The van der Waals surface area contributed by atoms with Gasteiger partial charge in [0.15, 0.2) is 5.65 Å². The van der Waals surface area contributed by atoms with Gasteiger partial charge in [0, 0.05) is 38.6 Å². The Labute approximate surface area is 188 Å². The minimum absolute atomic E-state index is 0.259. The quantitative estimate of drug-likeness (QED) is 0.260. The molecule has 3 heterocycles. The molecule has 1 aliphatic carbocycles. The predicted octanol–water partition coefficient (Wildman–Crippen LogP) is 5.59. The Morgan fingerprint density at radius 1 is 1.06 bits per heavy atom. The Balaban J connectivity index is 1.58. The van der Waals surface area contributed by atoms with Gasteiger partial charge in [-0.3, -0.25) is 0 Å². The van der Waals surface area contributed by atoms with Crippen molar-refractivity contribution in [1.82, 2.24) is 24.4 Å². The zero-order chi connectivity index (χ0) is 22.3. The summed E-state index contributed by atoms with van der Waals surface area (Å²) >= 11 is 0. The first kappa shape index (κ1) is 21.0. The number of hydrogen-bond acceptors (Lipinski definition) is 4. The highest BCUT2D eigenvalue weighted by molar-refractivity contribution is 6.76. The summed E-state index contributed by atoms with van der Waals surface area (Å²) in [5.41, 5.74) is 5.48. The van der Waals surface area contributed by atoms with E-state index in [0.717, 1.165) is 59.3 Å². The van der Waals surface area contributed by atoms with Gasteiger partial charge in [0.2, 0.25) is 0 Å². The van der Waals surface area contributed by atoms with Crippen molar-refractivity contribution < 1.29 is 9.13 Å². The van der Waals surface area contributed by atoms with E-state index in [1.165, 1.54) is 12.1 Å². The number of imidazole rings is 1. The molecule has 8 heteroatoms. The molecule has 0 spiro atoms. The van der Waals surface area contributed by atoms with Crippen LogP contribution in [0.15, 0.2) is 48.8 Å². The summed E-state index contributed by atoms with van der Waals surface area (Å²) in [7, 11) is -1.16. The van der Waals surface area contributed by atoms with Crippen LogP contribution < -0.4 is 0 Å². The largest absolute Gasteiger partial charge is 0.360 e. The molecule has 166 valence electrons. The van der Waals surface area contributed by atoms with Crippen LogP contribution in [0.25, 0.3) is 28.2 Å². The highest BCUT2D eigenvalue weighted by Crippen LogP contribution is 2.47. The molecule has 1 saturated carbocycles. The Kier molecular flexibility index (Phi) is 5.42. The zero-order valence-electron chi connectivity index (χ0n) is 18.8. The van der Waals surface area contributed by atoms with Gasteiger partial charge in [-0.2, -0.15) is 10.2 Å². The lowest BCUT2D eigenvalue weighted by molar-refractivity contribution is 0.0767. The summed E-state index contributed by atoms with van der Waals surface area (Å²) in [5.74, 6) is 0.178. The van der Waals surface area contributed by atoms with E-state index in [9.17, 15) is 4.39 Å². The molecule has 5 rings (SSSR count). The fourth-order valence-corrected chi connectivity index (χ4v) is 4.64. The second-order valence-corrected chi connectivity index (χ2v) is 15.3. The molecule has 0 radical (unpaired) electrons. The van der Waals surface area contributed by atoms with E-state index in [-0.39, 0.29) is 5.82 Å². The number of halogens is 1. The third-order valence-corrected chi connectivity index (χ3v) is 7.50. The SMILES string of the molecule is C[Si](C)(C)CCOCn1nc(-c2ccc(F)cc2)c(-c2ccc3nccn3n2)c1C1CC1. The van der Waals surface area contributed by atoms with Crippen molar-refractivity contribution in [2.24, 2.45) is 0 Å². The summed E-state index contributed by atoms with van der Waals surface area (Å²) in [6.07, 6.45) is 5.84. The summed E-state index contributed by atoms with van der Waals surface area (Å²) in [4.78, 5) is 4.31. The van der Waals surface area contributed by atoms with E-state index in [1.807, 2.05) is 23.0 Å². The van der Waals surface area contributed by atoms with Crippen LogP contribution >= 0.6 is 0 Å². The van der Waals surface area contributed by atoms with E-state index in [4.69, 9.17) is 14.9 Å². The molecule has 0 amide bonds. The van der Waals surface area contributed by atoms with E-state index in [1.54, 1.807) is 22.8 Å². The highest BCUT2D eigenvalue weighted by Gasteiger charge is 2.34. The van der Waals surface area contributed by atoms with Crippen molar-refractivity contribution in [2.75, 3.05) is 6.61 Å². The number of ether oxygens (including phenoxy) is 1. The molecule has 0 atom stereocenters. The molecule has 32 heavy (non-hydrogen) atoms. The summed E-state index contributed by atoms with van der Waals surface area (Å²) in [6, 6.07) is 11.6. The lowest BCUT2D eigenvalue weighted by atomic mass is 10.0. The van der Waals surface area contributed by atoms with Crippen molar-refractivity contribution >= 4 is 13.7 Å². The molecule has 3 aromatic heterocycles. The van der Waals surface area contributed by atoms with Crippen LogP contribution in [0.1, 0.15) is 24.5 Å². The number of rotatable bonds is 8. The van der Waals surface area contributed by atoms with Crippen LogP contribution in [0.3, 0.4) is 0 Å². The van der Waals surface area contributed by atoms with Crippen molar-refractivity contribution in [3.63, 3.8) is 0 Å². The third-order valence-electron chi connectivity index (χ3n) is 5.79. The minimum atomic E-state index is -1.16. The number of hydrogen-bond donors (Lipinski definition) is 0. The lowest BCUT2D eigenvalue weighted by Crippen LogP contribution is -2.22. The molecule has 4 aromatic rings. The summed E-state index contributed by atoms with van der Waals surface area (Å²) < 4.78 is 23.5. The van der Waals surface area contributed by atoms with Gasteiger partial charge < -0.3 is 4.74 Å². The first-order chi connectivity index (χ1) is 15.4. The molecule has 0 bridgehead atoms. The molecule has 0 N–H and O–H groups in total. The Morgan fingerprint density at radius 2 is 1.84 bits per heavy atom. The van der Waals surface area contributed by atoms with Crippen LogP contribution in [-0.2, 0) is 11.5 Å². The molecule has 1 aliphatic rings. The van der Waals surface area contributed by atoms with Crippen LogP contribution in [0.2, 0.25) is 25.7 Å². The van der Waals surface area contributed by atoms with Crippen molar-refractivity contribution in [3.8, 4) is 22.5 Å². The molecular formula is C24H28FN5OSi. The number of nitrogens with zero attached hydrogens (tertiary/aromatic N) is 5. The fraction of sp³-hybridized carbons (Fsp3) is 0.375. The van der Waals surface area contributed by atoms with E-state index in [2.05, 4.69) is 24.6 Å². The molecule has 1 aromatic carbocycles. The van der Waals surface area contributed by atoms with Gasteiger partial charge in [-0.1, -0.05) is 19.6 Å². The Morgan fingerprint density at radius 3 is 2.56 bits per heavy atom. The standard InChI is InChI=1S/C24H28FN5OSi/c1-32(2,3)15-14-31-16-30-24(18-4-5-18)22(20-10-11-21-26-12-13-29(21)27-20)23(28-30)17-6-8-19(25)9-7-17/h6-13,18H,4-5,14-16H2,1-3H3. The molecule has 6 nitrogen and oxygen atoms in total. The van der Waals surface area contributed by atoms with Gasteiger partial charge in [0.05, 0.1) is 17.0 Å². The molecule has 0 unspecified atom stereocenters. The highest BCUT2D eigenvalue weighted by atomic mass is 28.3. The van der Waals surface area contributed by atoms with Crippen molar-refractivity contribution in [3.05, 3.63) is 60.3 Å². The monoisotopic (exact) mass is 449 g/mol. The van der Waals surface area contributed by atoms with Gasteiger partial charge in [0.1, 0.15) is 18.2 Å². The maximum atomic E-state index is 13.6. The first-order valence-electron chi connectivity index (χ1n) is 11.1. The van der Waals surface area contributed by atoms with Crippen molar-refractivity contribution in [2.45, 2.75) is 51.2 Å². The maximum Gasteiger partial charge on any atom is 0.153 e. The summed E-state index contributed by atoms with van der Waals surface area (Å²) in [5, 5.41) is 9.78. The van der Waals surface area contributed by atoms with E-state index >= 15 is 0 Å². The second-order valence-electron chi connectivity index (χ2n) is 9.69. The van der Waals surface area contributed by atoms with Crippen LogP contribution in [0, 0.1) is 5.82 Å². The van der Waals surface area contributed by atoms with Gasteiger partial charge in [-0.15, -0.1) is 0 Å². The number of aromatic nitrogens is 5. The Hall–Kier alpha value is -2.84. The number of fused-ring (bicyclic) bond motifs is 1. The molecule has 0 saturated heterocycles. The normalized spacial score (nSPS) is 14.4. The lowest BCUT2D eigenvalue weighted by Gasteiger charge is -2.16. The minimum Gasteiger partial charge on any atom is -0.360 e. The van der Waals surface area contributed by atoms with Crippen LogP contribution in [-0.4, -0.2) is 39.1 Å². The second kappa shape index (κ2) is 8.25. The van der Waals surface area contributed by atoms with Gasteiger partial charge in [-0.25, -0.2) is 18.6 Å². The third kappa shape index (κ3) is 4.38. The van der Waals surface area contributed by atoms with Gasteiger partial charge in [-0.05, 0) is 55.3 Å². The Bertz CT molecular complexity index is 1240. The van der Waals surface area contributed by atoms with Gasteiger partial charge >= 0.3 is 0 Å². The van der Waals surface area contributed by atoms with E-state index in [0.29, 0.717) is 12.6 Å². The number of benzene rings is 1. The average Bonchev–Trinajstić information content (AvgIpc) is 3.36. The van der Waals surface area contributed by atoms with Crippen molar-refractivity contribution in [1.29, 1.82) is 0 Å². The molecular weight excluding hydrogens is 421 g/mol. The van der Waals surface area contributed by atoms with Crippen LogP contribution in [0.4, 0.5) is 4.39 Å². The topological polar surface area (TPSA) is 57.2 Å². The zero-order valence-corrected chi connectivity index (χ0v) is 19.8.